The van der Waals surface area contributed by atoms with Crippen LogP contribution in [0.25, 0.3) is 0 Å². The molecule has 106 valence electrons. The van der Waals surface area contributed by atoms with Gasteiger partial charge in [-0.05, 0) is 12.1 Å². The van der Waals surface area contributed by atoms with E-state index in [1.807, 2.05) is 0 Å². The zero-order valence-corrected chi connectivity index (χ0v) is 11.3. The van der Waals surface area contributed by atoms with Gasteiger partial charge < -0.3 is 0 Å². The van der Waals surface area contributed by atoms with E-state index in [0.717, 1.165) is 12.1 Å². The number of anilines is 1. The number of carbonyl (C=O) groups is 3. The first-order valence-corrected chi connectivity index (χ1v) is 6.02. The molecular formula is C14H13F2NO3. The number of Topliss-reactive ketones (excluding diaryl/α,β-unsaturated/α-hetero) is 2. The number of benzene rings is 1. The molecule has 0 spiro atoms. The monoisotopic (exact) mass is 281 g/mol. The predicted molar refractivity (Wildman–Crippen MR) is 67.5 cm³/mol. The largest absolute Gasteiger partial charge is 0.300 e. The number of rotatable bonds is 2. The lowest BCUT2D eigenvalue weighted by molar-refractivity contribution is -0.126. The second-order valence-corrected chi connectivity index (χ2v) is 5.65. The van der Waals surface area contributed by atoms with Crippen LogP contribution >= 0.6 is 0 Å². The van der Waals surface area contributed by atoms with Crippen molar-refractivity contribution in [1.29, 1.82) is 0 Å². The maximum atomic E-state index is 13.8. The minimum absolute atomic E-state index is 0.352. The van der Waals surface area contributed by atoms with Gasteiger partial charge in [0.25, 0.3) is 11.7 Å². The van der Waals surface area contributed by atoms with Crippen molar-refractivity contribution in [2.24, 2.45) is 5.41 Å². The molecular weight excluding hydrogens is 268 g/mol. The third-order valence-electron chi connectivity index (χ3n) is 3.15. The Balaban J connectivity index is 2.49. The molecule has 1 aliphatic rings. The van der Waals surface area contributed by atoms with Crippen molar-refractivity contribution in [2.45, 2.75) is 20.8 Å². The molecule has 1 aliphatic heterocycles. The zero-order valence-electron chi connectivity index (χ0n) is 11.3. The van der Waals surface area contributed by atoms with Crippen molar-refractivity contribution >= 4 is 23.2 Å². The molecule has 0 bridgehead atoms. The fourth-order valence-corrected chi connectivity index (χ4v) is 1.88. The van der Waals surface area contributed by atoms with Crippen molar-refractivity contribution in [2.75, 3.05) is 11.4 Å². The van der Waals surface area contributed by atoms with E-state index in [-0.39, 0.29) is 5.78 Å². The summed E-state index contributed by atoms with van der Waals surface area (Å²) in [6.07, 6.45) is 0. The molecule has 0 saturated carbocycles. The predicted octanol–water partition coefficient (Wildman–Crippen LogP) is 2.11. The molecule has 2 rings (SSSR count). The molecule has 1 amide bonds. The molecule has 1 aromatic rings. The van der Waals surface area contributed by atoms with E-state index in [9.17, 15) is 23.2 Å². The van der Waals surface area contributed by atoms with Gasteiger partial charge in [-0.1, -0.05) is 20.8 Å². The molecule has 0 saturated heterocycles. The lowest BCUT2D eigenvalue weighted by atomic mass is 9.90. The summed E-state index contributed by atoms with van der Waals surface area (Å²) in [5.74, 6) is -4.43. The Labute approximate surface area is 114 Å². The van der Waals surface area contributed by atoms with Crippen LogP contribution in [0.2, 0.25) is 0 Å². The Morgan fingerprint density at radius 3 is 2.25 bits per heavy atom. The fourth-order valence-electron chi connectivity index (χ4n) is 1.88. The Bertz CT molecular complexity index is 632. The van der Waals surface area contributed by atoms with Crippen molar-refractivity contribution in [1.82, 2.24) is 0 Å². The number of ketones is 2. The molecule has 0 aromatic heterocycles. The van der Waals surface area contributed by atoms with Gasteiger partial charge >= 0.3 is 0 Å². The Kier molecular flexibility index (Phi) is 3.20. The third-order valence-corrected chi connectivity index (χ3v) is 3.15. The number of hydrogen-bond acceptors (Lipinski definition) is 3. The van der Waals surface area contributed by atoms with Crippen LogP contribution in [0.15, 0.2) is 12.1 Å². The molecule has 6 heteroatoms. The van der Waals surface area contributed by atoms with Gasteiger partial charge in [-0.15, -0.1) is 0 Å². The molecule has 1 heterocycles. The smallest absolute Gasteiger partial charge is 0.297 e. The average molecular weight is 281 g/mol. The van der Waals surface area contributed by atoms with Crippen LogP contribution in [0.5, 0.6) is 0 Å². The first kappa shape index (κ1) is 14.3. The quantitative estimate of drug-likeness (QED) is 0.780. The number of carbonyl (C=O) groups excluding carboxylic acids is 3. The van der Waals surface area contributed by atoms with Crippen LogP contribution in [-0.4, -0.2) is 24.0 Å². The Hall–Kier alpha value is -2.11. The minimum atomic E-state index is -1.13. The standard InChI is InChI=1S/C14H13F2NO3/c1-14(2,3)9(18)6-17-11-8(16)5-4-7(15)10(11)12(19)13(17)20/h4-5H,6H2,1-3H3. The highest BCUT2D eigenvalue weighted by Crippen LogP contribution is 2.34. The van der Waals surface area contributed by atoms with Gasteiger partial charge in [0.1, 0.15) is 11.6 Å². The highest BCUT2D eigenvalue weighted by Gasteiger charge is 2.42. The van der Waals surface area contributed by atoms with Crippen molar-refractivity contribution < 1.29 is 23.2 Å². The maximum Gasteiger partial charge on any atom is 0.300 e. The van der Waals surface area contributed by atoms with Crippen LogP contribution in [0.3, 0.4) is 0 Å². The van der Waals surface area contributed by atoms with Gasteiger partial charge in [-0.2, -0.15) is 0 Å². The first-order chi connectivity index (χ1) is 9.14. The van der Waals surface area contributed by atoms with Gasteiger partial charge in [0, 0.05) is 5.41 Å². The molecule has 0 radical (unpaired) electrons. The summed E-state index contributed by atoms with van der Waals surface area (Å²) in [4.78, 5) is 36.2. The van der Waals surface area contributed by atoms with E-state index in [1.54, 1.807) is 20.8 Å². The number of nitrogens with zero attached hydrogens (tertiary/aromatic N) is 1. The number of amides is 1. The van der Waals surface area contributed by atoms with Crippen molar-refractivity contribution in [3.63, 3.8) is 0 Å². The minimum Gasteiger partial charge on any atom is -0.297 e. The number of halogens is 2. The molecule has 0 N–H and O–H groups in total. The number of hydrogen-bond donors (Lipinski definition) is 0. The van der Waals surface area contributed by atoms with E-state index in [0.29, 0.717) is 4.90 Å². The summed E-state index contributed by atoms with van der Waals surface area (Å²) in [6.45, 7) is 4.46. The van der Waals surface area contributed by atoms with Gasteiger partial charge in [-0.25, -0.2) is 8.78 Å². The van der Waals surface area contributed by atoms with Gasteiger partial charge in [-0.3, -0.25) is 19.3 Å². The molecule has 0 unspecified atom stereocenters. The van der Waals surface area contributed by atoms with Gasteiger partial charge in [0.05, 0.1) is 17.8 Å². The van der Waals surface area contributed by atoms with Crippen LogP contribution in [-0.2, 0) is 9.59 Å². The molecule has 4 nitrogen and oxygen atoms in total. The topological polar surface area (TPSA) is 54.5 Å². The van der Waals surface area contributed by atoms with Crippen molar-refractivity contribution in [3.8, 4) is 0 Å². The summed E-state index contributed by atoms with van der Waals surface area (Å²) < 4.78 is 27.4. The normalized spacial score (nSPS) is 14.8. The van der Waals surface area contributed by atoms with E-state index < -0.39 is 46.5 Å². The Morgan fingerprint density at radius 1 is 1.15 bits per heavy atom. The van der Waals surface area contributed by atoms with Gasteiger partial charge in [0.2, 0.25) is 0 Å². The van der Waals surface area contributed by atoms with E-state index in [1.165, 1.54) is 0 Å². The summed E-state index contributed by atoms with van der Waals surface area (Å²) in [6, 6.07) is 1.61. The Morgan fingerprint density at radius 2 is 1.70 bits per heavy atom. The number of fused-ring (bicyclic) bond motifs is 1. The van der Waals surface area contributed by atoms with Crippen LogP contribution in [0.4, 0.5) is 14.5 Å². The molecule has 1 aromatic carbocycles. The van der Waals surface area contributed by atoms with Crippen LogP contribution in [0.1, 0.15) is 31.1 Å². The lowest BCUT2D eigenvalue weighted by Crippen LogP contribution is -2.39. The van der Waals surface area contributed by atoms with Crippen LogP contribution < -0.4 is 4.90 Å². The summed E-state index contributed by atoms with van der Waals surface area (Å²) in [5.41, 5.74) is -1.80. The van der Waals surface area contributed by atoms with E-state index in [4.69, 9.17) is 0 Å². The molecule has 0 atom stereocenters. The maximum absolute atomic E-state index is 13.8. The summed E-state index contributed by atoms with van der Waals surface area (Å²) in [5, 5.41) is 0. The molecule has 0 aliphatic carbocycles. The molecule has 0 fully saturated rings. The first-order valence-electron chi connectivity index (χ1n) is 6.02. The van der Waals surface area contributed by atoms with E-state index in [2.05, 4.69) is 0 Å². The highest BCUT2D eigenvalue weighted by molar-refractivity contribution is 6.52. The molecule has 20 heavy (non-hydrogen) atoms. The third kappa shape index (κ3) is 2.11. The van der Waals surface area contributed by atoms with Gasteiger partial charge in [0.15, 0.2) is 5.78 Å². The zero-order chi connectivity index (χ0) is 15.2. The second kappa shape index (κ2) is 4.47. The second-order valence-electron chi connectivity index (χ2n) is 5.65. The fraction of sp³-hybridized carbons (Fsp3) is 0.357. The summed E-state index contributed by atoms with van der Waals surface area (Å²) in [7, 11) is 0. The van der Waals surface area contributed by atoms with Crippen molar-refractivity contribution in [3.05, 3.63) is 29.3 Å². The SMILES string of the molecule is CC(C)(C)C(=O)CN1C(=O)C(=O)c2c(F)ccc(F)c21. The summed E-state index contributed by atoms with van der Waals surface area (Å²) >= 11 is 0. The highest BCUT2D eigenvalue weighted by atomic mass is 19.1. The van der Waals surface area contributed by atoms with E-state index >= 15 is 0 Å². The average Bonchev–Trinajstić information content (AvgIpc) is 2.59. The lowest BCUT2D eigenvalue weighted by Gasteiger charge is -2.22. The van der Waals surface area contributed by atoms with Crippen LogP contribution in [0, 0.1) is 17.0 Å².